The van der Waals surface area contributed by atoms with Gasteiger partial charge in [-0.15, -0.1) is 0 Å². The molecule has 5 heteroatoms. The zero-order chi connectivity index (χ0) is 13.5. The van der Waals surface area contributed by atoms with Crippen molar-refractivity contribution < 1.29 is 14.7 Å². The zero-order valence-electron chi connectivity index (χ0n) is 10.1. The van der Waals surface area contributed by atoms with Crippen molar-refractivity contribution in [2.75, 3.05) is 12.3 Å². The summed E-state index contributed by atoms with van der Waals surface area (Å²) in [5, 5.41) is 11.5. The number of hydrogen-bond acceptors (Lipinski definition) is 3. The van der Waals surface area contributed by atoms with Gasteiger partial charge in [0.25, 0.3) is 0 Å². The predicted molar refractivity (Wildman–Crippen MR) is 70.1 cm³/mol. The number of rotatable bonds is 5. The number of carboxylic acids is 1. The topological polar surface area (TPSA) is 92.4 Å². The van der Waals surface area contributed by atoms with Gasteiger partial charge in [0.2, 0.25) is 5.91 Å². The maximum atomic E-state index is 10.8. The molecule has 0 bridgehead atoms. The number of carbonyl (C=O) groups is 2. The predicted octanol–water partition coefficient (Wildman–Crippen LogP) is 1.51. The molecule has 1 amide bonds. The first-order chi connectivity index (χ1) is 8.49. The van der Waals surface area contributed by atoms with E-state index in [1.165, 1.54) is 13.0 Å². The number of nitrogens with one attached hydrogen (secondary N) is 1. The third kappa shape index (κ3) is 4.69. The molecule has 0 saturated heterocycles. The summed E-state index contributed by atoms with van der Waals surface area (Å²) < 4.78 is 0. The molecule has 0 saturated carbocycles. The number of anilines is 1. The minimum Gasteiger partial charge on any atom is -0.478 e. The highest BCUT2D eigenvalue weighted by atomic mass is 16.4. The molecule has 0 aliphatic rings. The molecule has 18 heavy (non-hydrogen) atoms. The Bertz CT molecular complexity index is 481. The van der Waals surface area contributed by atoms with Crippen LogP contribution >= 0.6 is 0 Å². The summed E-state index contributed by atoms with van der Waals surface area (Å²) in [5.74, 6) is -1.07. The highest BCUT2D eigenvalue weighted by Crippen LogP contribution is 2.13. The van der Waals surface area contributed by atoms with Crippen molar-refractivity contribution in [3.8, 4) is 0 Å². The van der Waals surface area contributed by atoms with Crippen molar-refractivity contribution >= 4 is 23.6 Å². The van der Waals surface area contributed by atoms with Gasteiger partial charge in [0.05, 0.1) is 5.56 Å². The fraction of sp³-hybridized carbons (Fsp3) is 0.231. The fourth-order valence-corrected chi connectivity index (χ4v) is 1.45. The van der Waals surface area contributed by atoms with Crippen molar-refractivity contribution in [3.05, 3.63) is 35.4 Å². The van der Waals surface area contributed by atoms with Crippen LogP contribution in [0.4, 0.5) is 5.69 Å². The highest BCUT2D eigenvalue weighted by molar-refractivity contribution is 5.89. The van der Waals surface area contributed by atoms with Crippen LogP contribution in [-0.2, 0) is 4.79 Å². The van der Waals surface area contributed by atoms with Crippen LogP contribution in [0.3, 0.4) is 0 Å². The SMILES string of the molecule is CC(=O)NCCC=Cc1cc(N)cc(C(=O)O)c1. The standard InChI is InChI=1S/C13H16N2O3/c1-9(16)15-5-3-2-4-10-6-11(13(17)18)8-12(14)7-10/h2,4,6-8H,3,5,14H2,1H3,(H,15,16)(H,17,18). The van der Waals surface area contributed by atoms with Crippen molar-refractivity contribution in [2.45, 2.75) is 13.3 Å². The summed E-state index contributed by atoms with van der Waals surface area (Å²) >= 11 is 0. The minimum atomic E-state index is -1.00. The zero-order valence-corrected chi connectivity index (χ0v) is 10.1. The number of nitrogens with two attached hydrogens (primary N) is 1. The molecular weight excluding hydrogens is 232 g/mol. The van der Waals surface area contributed by atoms with E-state index in [2.05, 4.69) is 5.32 Å². The first-order valence-electron chi connectivity index (χ1n) is 5.54. The number of amides is 1. The van der Waals surface area contributed by atoms with Crippen LogP contribution in [0, 0.1) is 0 Å². The van der Waals surface area contributed by atoms with Crippen LogP contribution in [0.1, 0.15) is 29.3 Å². The Morgan fingerprint density at radius 3 is 2.72 bits per heavy atom. The second-order valence-corrected chi connectivity index (χ2v) is 3.87. The molecule has 0 aromatic heterocycles. The molecule has 0 unspecified atom stereocenters. The van der Waals surface area contributed by atoms with E-state index in [4.69, 9.17) is 10.8 Å². The Hall–Kier alpha value is -2.30. The van der Waals surface area contributed by atoms with Crippen LogP contribution in [0.2, 0.25) is 0 Å². The first kappa shape index (κ1) is 13.8. The average Bonchev–Trinajstić information content (AvgIpc) is 2.27. The van der Waals surface area contributed by atoms with Crippen molar-refractivity contribution in [1.29, 1.82) is 0 Å². The van der Waals surface area contributed by atoms with Crippen LogP contribution < -0.4 is 11.1 Å². The summed E-state index contributed by atoms with van der Waals surface area (Å²) in [6.07, 6.45) is 4.32. The van der Waals surface area contributed by atoms with Crippen molar-refractivity contribution in [2.24, 2.45) is 0 Å². The molecular formula is C13H16N2O3. The van der Waals surface area contributed by atoms with Gasteiger partial charge in [0.1, 0.15) is 0 Å². The van der Waals surface area contributed by atoms with E-state index in [1.807, 2.05) is 6.08 Å². The summed E-state index contributed by atoms with van der Waals surface area (Å²) in [5.41, 5.74) is 6.92. The van der Waals surface area contributed by atoms with Gasteiger partial charge in [-0.3, -0.25) is 4.79 Å². The number of carbonyl (C=O) groups excluding carboxylic acids is 1. The van der Waals surface area contributed by atoms with Gasteiger partial charge in [-0.1, -0.05) is 12.2 Å². The third-order valence-corrected chi connectivity index (χ3v) is 2.22. The Morgan fingerprint density at radius 1 is 1.39 bits per heavy atom. The molecule has 1 rings (SSSR count). The molecule has 96 valence electrons. The molecule has 0 heterocycles. The highest BCUT2D eigenvalue weighted by Gasteiger charge is 2.03. The Morgan fingerprint density at radius 2 is 2.11 bits per heavy atom. The maximum absolute atomic E-state index is 10.8. The summed E-state index contributed by atoms with van der Waals surface area (Å²) in [4.78, 5) is 21.5. The Balaban J connectivity index is 2.64. The smallest absolute Gasteiger partial charge is 0.335 e. The largest absolute Gasteiger partial charge is 0.478 e. The lowest BCUT2D eigenvalue weighted by Gasteiger charge is -2.01. The van der Waals surface area contributed by atoms with E-state index in [0.29, 0.717) is 18.7 Å². The van der Waals surface area contributed by atoms with Gasteiger partial charge in [0.15, 0.2) is 0 Å². The van der Waals surface area contributed by atoms with Crippen LogP contribution in [-0.4, -0.2) is 23.5 Å². The van der Waals surface area contributed by atoms with Gasteiger partial charge >= 0.3 is 5.97 Å². The first-order valence-corrected chi connectivity index (χ1v) is 5.54. The summed E-state index contributed by atoms with van der Waals surface area (Å²) in [6, 6.07) is 4.66. The van der Waals surface area contributed by atoms with Crippen molar-refractivity contribution in [1.82, 2.24) is 5.32 Å². The summed E-state index contributed by atoms with van der Waals surface area (Å²) in [6.45, 7) is 2.01. The molecule has 0 fully saturated rings. The van der Waals surface area contributed by atoms with Crippen LogP contribution in [0.25, 0.3) is 6.08 Å². The van der Waals surface area contributed by atoms with E-state index in [9.17, 15) is 9.59 Å². The lowest BCUT2D eigenvalue weighted by molar-refractivity contribution is -0.118. The molecule has 1 aromatic rings. The third-order valence-electron chi connectivity index (χ3n) is 2.22. The second-order valence-electron chi connectivity index (χ2n) is 3.87. The van der Waals surface area contributed by atoms with E-state index in [-0.39, 0.29) is 11.5 Å². The van der Waals surface area contributed by atoms with E-state index in [1.54, 1.807) is 18.2 Å². The van der Waals surface area contributed by atoms with Gasteiger partial charge in [-0.05, 0) is 30.2 Å². The summed E-state index contributed by atoms with van der Waals surface area (Å²) in [7, 11) is 0. The maximum Gasteiger partial charge on any atom is 0.335 e. The fourth-order valence-electron chi connectivity index (χ4n) is 1.45. The molecule has 0 spiro atoms. The second kappa shape index (κ2) is 6.44. The molecule has 0 aliphatic heterocycles. The lowest BCUT2D eigenvalue weighted by Crippen LogP contribution is -2.20. The average molecular weight is 248 g/mol. The molecule has 0 aliphatic carbocycles. The van der Waals surface area contributed by atoms with Crippen molar-refractivity contribution in [3.63, 3.8) is 0 Å². The number of benzene rings is 1. The quantitative estimate of drug-likeness (QED) is 0.544. The Labute approximate surface area is 105 Å². The van der Waals surface area contributed by atoms with E-state index in [0.717, 1.165) is 5.56 Å². The minimum absolute atomic E-state index is 0.0690. The van der Waals surface area contributed by atoms with Gasteiger partial charge in [-0.2, -0.15) is 0 Å². The number of hydrogen-bond donors (Lipinski definition) is 3. The van der Waals surface area contributed by atoms with Crippen LogP contribution in [0.15, 0.2) is 24.3 Å². The monoisotopic (exact) mass is 248 g/mol. The molecule has 0 radical (unpaired) electrons. The lowest BCUT2D eigenvalue weighted by atomic mass is 10.1. The number of carboxylic acid groups (broad SMARTS) is 1. The normalized spacial score (nSPS) is 10.5. The molecule has 1 aromatic carbocycles. The molecule has 4 N–H and O–H groups in total. The molecule has 5 nitrogen and oxygen atoms in total. The molecule has 0 atom stereocenters. The van der Waals surface area contributed by atoms with Gasteiger partial charge < -0.3 is 16.2 Å². The Kier molecular flexibility index (Phi) is 4.92. The van der Waals surface area contributed by atoms with E-state index >= 15 is 0 Å². The van der Waals surface area contributed by atoms with Gasteiger partial charge in [-0.25, -0.2) is 4.79 Å². The number of aromatic carboxylic acids is 1. The van der Waals surface area contributed by atoms with Crippen LogP contribution in [0.5, 0.6) is 0 Å². The van der Waals surface area contributed by atoms with Gasteiger partial charge in [0, 0.05) is 19.2 Å². The number of nitrogen functional groups attached to an aromatic ring is 1. The van der Waals surface area contributed by atoms with E-state index < -0.39 is 5.97 Å².